The molecule has 0 aromatic heterocycles. The van der Waals surface area contributed by atoms with Crippen molar-refractivity contribution in [1.82, 2.24) is 0 Å². The summed E-state index contributed by atoms with van der Waals surface area (Å²) in [5, 5.41) is 11.9. The fraction of sp³-hybridized carbons (Fsp3) is 0.300. The van der Waals surface area contributed by atoms with Gasteiger partial charge < -0.3 is 15.2 Å². The van der Waals surface area contributed by atoms with Gasteiger partial charge in [0.25, 0.3) is 0 Å². The number of carboxylic acid groups (broad SMARTS) is 1. The van der Waals surface area contributed by atoms with Crippen LogP contribution in [0.1, 0.15) is 24.0 Å². The van der Waals surface area contributed by atoms with Crippen molar-refractivity contribution in [3.63, 3.8) is 0 Å². The Morgan fingerprint density at radius 2 is 1.84 bits per heavy atom. The average molecular weight is 339 g/mol. The number of aliphatic carboxylic acids is 1. The van der Waals surface area contributed by atoms with Gasteiger partial charge in [-0.1, -0.05) is 30.3 Å². The molecule has 1 fully saturated rings. The van der Waals surface area contributed by atoms with Crippen LogP contribution < -0.4 is 10.1 Å². The molecular weight excluding hydrogens is 318 g/mol. The van der Waals surface area contributed by atoms with Crippen molar-refractivity contribution in [3.05, 3.63) is 59.7 Å². The maximum absolute atomic E-state index is 12.3. The summed E-state index contributed by atoms with van der Waals surface area (Å²) in [4.78, 5) is 23.3. The van der Waals surface area contributed by atoms with Gasteiger partial charge in [0.1, 0.15) is 12.4 Å². The van der Waals surface area contributed by atoms with E-state index in [2.05, 4.69) is 5.32 Å². The molecule has 0 bridgehead atoms. The third-order valence-corrected chi connectivity index (χ3v) is 4.63. The van der Waals surface area contributed by atoms with Crippen LogP contribution in [0.4, 0.5) is 5.69 Å². The molecule has 2 unspecified atom stereocenters. The molecule has 1 amide bonds. The van der Waals surface area contributed by atoms with E-state index in [0.717, 1.165) is 16.9 Å². The van der Waals surface area contributed by atoms with Crippen LogP contribution in [0.5, 0.6) is 5.75 Å². The molecule has 130 valence electrons. The number of amides is 1. The number of benzene rings is 2. The highest BCUT2D eigenvalue weighted by Crippen LogP contribution is 2.35. The summed E-state index contributed by atoms with van der Waals surface area (Å²) in [6.45, 7) is 2.37. The molecule has 3 rings (SSSR count). The van der Waals surface area contributed by atoms with Gasteiger partial charge in [0.15, 0.2) is 0 Å². The van der Waals surface area contributed by atoms with E-state index >= 15 is 0 Å². The minimum absolute atomic E-state index is 0.222. The second-order valence-electron chi connectivity index (χ2n) is 6.37. The normalized spacial score (nSPS) is 18.9. The van der Waals surface area contributed by atoms with Crippen LogP contribution in [0.15, 0.2) is 48.5 Å². The zero-order chi connectivity index (χ0) is 17.8. The van der Waals surface area contributed by atoms with E-state index in [0.29, 0.717) is 25.1 Å². The quantitative estimate of drug-likeness (QED) is 0.843. The first-order valence-electron chi connectivity index (χ1n) is 8.35. The summed E-state index contributed by atoms with van der Waals surface area (Å²) < 4.78 is 5.77. The van der Waals surface area contributed by atoms with E-state index in [1.54, 1.807) is 12.1 Å². The van der Waals surface area contributed by atoms with Crippen LogP contribution in [0.3, 0.4) is 0 Å². The molecule has 0 radical (unpaired) electrons. The lowest BCUT2D eigenvalue weighted by molar-refractivity contribution is -0.151. The van der Waals surface area contributed by atoms with Crippen LogP contribution in [0, 0.1) is 18.8 Å². The first-order chi connectivity index (χ1) is 12.0. The van der Waals surface area contributed by atoms with E-state index in [9.17, 15) is 9.59 Å². The van der Waals surface area contributed by atoms with Gasteiger partial charge in [0.2, 0.25) is 5.91 Å². The molecule has 2 aromatic carbocycles. The van der Waals surface area contributed by atoms with Gasteiger partial charge in [-0.25, -0.2) is 0 Å². The van der Waals surface area contributed by atoms with Gasteiger partial charge in [0.05, 0.1) is 11.8 Å². The minimum Gasteiger partial charge on any atom is -0.489 e. The first-order valence-corrected chi connectivity index (χ1v) is 8.35. The number of carbonyl (C=O) groups is 2. The number of anilines is 1. The fourth-order valence-electron chi connectivity index (χ4n) is 2.94. The molecule has 1 saturated carbocycles. The molecule has 0 aliphatic heterocycles. The second-order valence-corrected chi connectivity index (χ2v) is 6.37. The van der Waals surface area contributed by atoms with Gasteiger partial charge in [-0.2, -0.15) is 0 Å². The van der Waals surface area contributed by atoms with Crippen molar-refractivity contribution >= 4 is 17.6 Å². The Kier molecular flexibility index (Phi) is 5.03. The Hall–Kier alpha value is -2.82. The van der Waals surface area contributed by atoms with E-state index in [-0.39, 0.29) is 5.91 Å². The molecule has 0 heterocycles. The summed E-state index contributed by atoms with van der Waals surface area (Å²) in [5.41, 5.74) is 2.65. The Labute approximate surface area is 146 Å². The van der Waals surface area contributed by atoms with Crippen molar-refractivity contribution in [1.29, 1.82) is 0 Å². The largest absolute Gasteiger partial charge is 0.489 e. The third kappa shape index (κ3) is 3.99. The van der Waals surface area contributed by atoms with Crippen LogP contribution in [0.2, 0.25) is 0 Å². The second kappa shape index (κ2) is 7.38. The first kappa shape index (κ1) is 17.0. The van der Waals surface area contributed by atoms with Crippen molar-refractivity contribution in [2.45, 2.75) is 26.4 Å². The molecular formula is C20H21NO4. The molecule has 1 aliphatic carbocycles. The van der Waals surface area contributed by atoms with E-state index in [1.165, 1.54) is 0 Å². The summed E-state index contributed by atoms with van der Waals surface area (Å²) in [5.74, 6) is -1.39. The standard InChI is InChI=1S/C20H21NO4/c1-13-11-15(25-12-14-5-3-2-4-6-14)7-10-18(13)21-19(22)16-8-9-17(16)20(23)24/h2-7,10-11,16-17H,8-9,12H2,1H3,(H,21,22)(H,23,24). The number of nitrogens with one attached hydrogen (secondary N) is 1. The number of hydrogen-bond donors (Lipinski definition) is 2. The van der Waals surface area contributed by atoms with E-state index in [1.807, 2.05) is 43.3 Å². The lowest BCUT2D eigenvalue weighted by Crippen LogP contribution is -2.41. The summed E-state index contributed by atoms with van der Waals surface area (Å²) in [6.07, 6.45) is 1.19. The molecule has 5 heteroatoms. The molecule has 5 nitrogen and oxygen atoms in total. The number of ether oxygens (including phenoxy) is 1. The molecule has 0 spiro atoms. The molecule has 2 atom stereocenters. The van der Waals surface area contributed by atoms with E-state index < -0.39 is 17.8 Å². The molecule has 25 heavy (non-hydrogen) atoms. The van der Waals surface area contributed by atoms with Crippen LogP contribution in [-0.4, -0.2) is 17.0 Å². The van der Waals surface area contributed by atoms with Crippen LogP contribution in [-0.2, 0) is 16.2 Å². The average Bonchev–Trinajstić information content (AvgIpc) is 2.54. The number of carboxylic acids is 1. The highest BCUT2D eigenvalue weighted by molar-refractivity contribution is 5.96. The van der Waals surface area contributed by atoms with Gasteiger partial charge in [-0.05, 0) is 49.1 Å². The fourth-order valence-corrected chi connectivity index (χ4v) is 2.94. The van der Waals surface area contributed by atoms with Crippen molar-refractivity contribution in [2.75, 3.05) is 5.32 Å². The molecule has 2 N–H and O–H groups in total. The van der Waals surface area contributed by atoms with Gasteiger partial charge in [-0.3, -0.25) is 9.59 Å². The SMILES string of the molecule is Cc1cc(OCc2ccccc2)ccc1NC(=O)C1CCC1C(=O)O. The molecule has 0 saturated heterocycles. The molecule has 1 aliphatic rings. The summed E-state index contributed by atoms with van der Waals surface area (Å²) in [6, 6.07) is 15.4. The summed E-state index contributed by atoms with van der Waals surface area (Å²) in [7, 11) is 0. The van der Waals surface area contributed by atoms with Crippen LogP contribution >= 0.6 is 0 Å². The highest BCUT2D eigenvalue weighted by Gasteiger charge is 2.41. The number of hydrogen-bond acceptors (Lipinski definition) is 3. The predicted molar refractivity (Wildman–Crippen MR) is 94.4 cm³/mol. The van der Waals surface area contributed by atoms with Crippen molar-refractivity contribution in [2.24, 2.45) is 11.8 Å². The maximum Gasteiger partial charge on any atom is 0.307 e. The zero-order valence-corrected chi connectivity index (χ0v) is 14.1. The number of carbonyl (C=O) groups excluding carboxylic acids is 1. The smallest absolute Gasteiger partial charge is 0.307 e. The van der Waals surface area contributed by atoms with Gasteiger partial charge in [0, 0.05) is 5.69 Å². The Bertz CT molecular complexity index is 773. The third-order valence-electron chi connectivity index (χ3n) is 4.63. The Morgan fingerprint density at radius 3 is 2.44 bits per heavy atom. The Balaban J connectivity index is 1.60. The minimum atomic E-state index is -0.896. The predicted octanol–water partition coefficient (Wildman–Crippen LogP) is 3.62. The topological polar surface area (TPSA) is 75.6 Å². The zero-order valence-electron chi connectivity index (χ0n) is 14.1. The number of rotatable bonds is 6. The lowest BCUT2D eigenvalue weighted by atomic mass is 9.73. The van der Waals surface area contributed by atoms with Crippen LogP contribution in [0.25, 0.3) is 0 Å². The molecule has 2 aromatic rings. The number of aryl methyl sites for hydroxylation is 1. The van der Waals surface area contributed by atoms with Crippen molar-refractivity contribution < 1.29 is 19.4 Å². The highest BCUT2D eigenvalue weighted by atomic mass is 16.5. The summed E-state index contributed by atoms with van der Waals surface area (Å²) >= 11 is 0. The maximum atomic E-state index is 12.3. The van der Waals surface area contributed by atoms with Gasteiger partial charge >= 0.3 is 5.97 Å². The van der Waals surface area contributed by atoms with Crippen molar-refractivity contribution in [3.8, 4) is 5.75 Å². The van der Waals surface area contributed by atoms with Gasteiger partial charge in [-0.15, -0.1) is 0 Å². The lowest BCUT2D eigenvalue weighted by Gasteiger charge is -2.32. The Morgan fingerprint density at radius 1 is 1.12 bits per heavy atom. The monoisotopic (exact) mass is 339 g/mol. The van der Waals surface area contributed by atoms with E-state index in [4.69, 9.17) is 9.84 Å².